The Hall–Kier alpha value is -1.62. The van der Waals surface area contributed by atoms with Gasteiger partial charge in [-0.05, 0) is 64.2 Å². The first-order chi connectivity index (χ1) is 31.6. The van der Waals surface area contributed by atoms with Crippen molar-refractivity contribution >= 4 is 0 Å². The van der Waals surface area contributed by atoms with Crippen molar-refractivity contribution in [3.8, 4) is 0 Å². The van der Waals surface area contributed by atoms with E-state index in [4.69, 9.17) is 0 Å². The van der Waals surface area contributed by atoms with Crippen LogP contribution < -0.4 is 0 Å². The van der Waals surface area contributed by atoms with Crippen molar-refractivity contribution in [2.45, 2.75) is 240 Å². The molecule has 0 spiro atoms. The molecule has 0 bridgehead atoms. The summed E-state index contributed by atoms with van der Waals surface area (Å²) in [6, 6.07) is 0. The molecule has 0 aliphatic carbocycles. The lowest BCUT2D eigenvalue weighted by molar-refractivity contribution is -0.890. The van der Waals surface area contributed by atoms with E-state index in [0.29, 0.717) is 25.7 Å². The summed E-state index contributed by atoms with van der Waals surface area (Å²) in [5.41, 5.74) is -14.8. The standard InChI is InChI=1S/C46H76F22N2/c1-69(2,35-29-23-17-11-7-13-19-25-31-37(47,48)41(53,54)39(51,43(57,58)59)44(60,61)62)33-27-21-15-9-5-6-10-16-22-28-34-70(3,4)36-30-24-18-12-8-14-20-26-32-38(49,50)42(55,56)40(52,45(63,64)65)46(66,67)68/h5-36H2,1-4H3/q+2. The second-order valence-corrected chi connectivity index (χ2v) is 20.3. The first-order valence-corrected chi connectivity index (χ1v) is 24.4. The van der Waals surface area contributed by atoms with Crippen molar-refractivity contribution in [2.75, 3.05) is 54.4 Å². The Kier molecular flexibility index (Phi) is 27.7. The Morgan fingerprint density at radius 1 is 0.214 bits per heavy atom. The molecule has 0 N–H and O–H groups in total. The van der Waals surface area contributed by atoms with Gasteiger partial charge in [-0.1, -0.05) is 103 Å². The first kappa shape index (κ1) is 68.4. The summed E-state index contributed by atoms with van der Waals surface area (Å²) in [4.78, 5) is 0. The molecule has 0 saturated heterocycles. The van der Waals surface area contributed by atoms with E-state index in [1.807, 2.05) is 0 Å². The summed E-state index contributed by atoms with van der Waals surface area (Å²) in [6.07, 6.45) is -15.8. The number of halogens is 22. The smallest absolute Gasteiger partial charge is 0.328 e. The van der Waals surface area contributed by atoms with Gasteiger partial charge in [0.05, 0.1) is 54.4 Å². The van der Waals surface area contributed by atoms with Gasteiger partial charge in [0.25, 0.3) is 0 Å². The van der Waals surface area contributed by atoms with Gasteiger partial charge in [0.15, 0.2) is 0 Å². The summed E-state index contributed by atoms with van der Waals surface area (Å²) in [6.45, 7) is 3.89. The van der Waals surface area contributed by atoms with E-state index in [9.17, 15) is 96.6 Å². The molecular weight excluding hydrogens is 998 g/mol. The minimum absolute atomic E-state index is 0.147. The summed E-state index contributed by atoms with van der Waals surface area (Å²) >= 11 is 0. The van der Waals surface area contributed by atoms with Gasteiger partial charge in [-0.25, -0.2) is 8.78 Å². The quantitative estimate of drug-likeness (QED) is 0.0327. The Morgan fingerprint density at radius 2 is 0.357 bits per heavy atom. The van der Waals surface area contributed by atoms with E-state index in [2.05, 4.69) is 28.2 Å². The van der Waals surface area contributed by atoms with Gasteiger partial charge in [-0.15, -0.1) is 0 Å². The minimum Gasteiger partial charge on any atom is -0.328 e. The van der Waals surface area contributed by atoms with Crippen LogP contribution in [0.4, 0.5) is 96.6 Å². The van der Waals surface area contributed by atoms with E-state index >= 15 is 0 Å². The SMILES string of the molecule is C[N+](C)(CCCCCCCCCCCC[N+](C)(C)CCCCCCCCCCC(F)(F)C(F)(F)C(F)(C(F)(F)F)C(F)(F)F)CCCCCCCCCCC(F)(F)C(F)(F)C(F)(C(F)(F)F)C(F)(F)F. The van der Waals surface area contributed by atoms with E-state index in [1.54, 1.807) is 0 Å². The van der Waals surface area contributed by atoms with Crippen LogP contribution in [0, 0.1) is 0 Å². The number of rotatable bonds is 39. The van der Waals surface area contributed by atoms with Crippen LogP contribution in [-0.4, -0.2) is 123 Å². The summed E-state index contributed by atoms with van der Waals surface area (Å²) in [5, 5.41) is 0. The van der Waals surface area contributed by atoms with Gasteiger partial charge < -0.3 is 8.97 Å². The molecule has 0 atom stereocenters. The second kappa shape index (κ2) is 28.3. The van der Waals surface area contributed by atoms with Crippen molar-refractivity contribution in [1.82, 2.24) is 0 Å². The Bertz CT molecular complexity index is 1270. The third-order valence-corrected chi connectivity index (χ3v) is 13.1. The molecule has 0 rings (SSSR count). The lowest BCUT2D eigenvalue weighted by atomic mass is 9.88. The Balaban J connectivity index is 3.97. The molecule has 0 aliphatic rings. The maximum Gasteiger partial charge on any atom is 0.438 e. The zero-order valence-electron chi connectivity index (χ0n) is 40.8. The molecule has 70 heavy (non-hydrogen) atoms. The van der Waals surface area contributed by atoms with Crippen LogP contribution in [0.2, 0.25) is 0 Å². The highest BCUT2D eigenvalue weighted by atomic mass is 19.4. The number of hydrogen-bond donors (Lipinski definition) is 0. The molecule has 0 aliphatic heterocycles. The van der Waals surface area contributed by atoms with Crippen molar-refractivity contribution in [1.29, 1.82) is 0 Å². The molecular formula is C46H76F22N2+2. The molecule has 0 aromatic carbocycles. The van der Waals surface area contributed by atoms with Crippen LogP contribution in [0.1, 0.15) is 180 Å². The van der Waals surface area contributed by atoms with Gasteiger partial charge in [-0.3, -0.25) is 0 Å². The van der Waals surface area contributed by atoms with Crippen LogP contribution in [-0.2, 0) is 0 Å². The van der Waals surface area contributed by atoms with Crippen LogP contribution in [0.15, 0.2) is 0 Å². The van der Waals surface area contributed by atoms with Gasteiger partial charge >= 0.3 is 59.7 Å². The van der Waals surface area contributed by atoms with Crippen LogP contribution >= 0.6 is 0 Å². The maximum atomic E-state index is 13.9. The molecule has 0 amide bonds. The third-order valence-electron chi connectivity index (χ3n) is 13.1. The zero-order chi connectivity index (χ0) is 54.6. The van der Waals surface area contributed by atoms with Crippen molar-refractivity contribution in [3.63, 3.8) is 0 Å². The van der Waals surface area contributed by atoms with Gasteiger partial charge in [0, 0.05) is 12.8 Å². The van der Waals surface area contributed by atoms with Gasteiger partial charge in [0.2, 0.25) is 0 Å². The molecule has 0 radical (unpaired) electrons. The highest BCUT2D eigenvalue weighted by molar-refractivity contribution is 5.12. The highest BCUT2D eigenvalue weighted by Crippen LogP contribution is 2.61. The molecule has 0 saturated carbocycles. The number of nitrogens with zero attached hydrogens (tertiary/aromatic N) is 2. The topological polar surface area (TPSA) is 0 Å². The molecule has 24 heteroatoms. The van der Waals surface area contributed by atoms with Crippen molar-refractivity contribution < 1.29 is 106 Å². The van der Waals surface area contributed by atoms with Crippen molar-refractivity contribution in [3.05, 3.63) is 0 Å². The largest absolute Gasteiger partial charge is 0.438 e. The summed E-state index contributed by atoms with van der Waals surface area (Å²) in [5.74, 6) is -25.9. The number of quaternary nitrogens is 2. The molecule has 0 fully saturated rings. The molecule has 2 nitrogen and oxygen atoms in total. The van der Waals surface area contributed by atoms with E-state index in [0.717, 1.165) is 125 Å². The normalized spacial score (nSPS) is 14.8. The highest BCUT2D eigenvalue weighted by Gasteiger charge is 2.91. The van der Waals surface area contributed by atoms with Crippen LogP contribution in [0.3, 0.4) is 0 Å². The fourth-order valence-corrected chi connectivity index (χ4v) is 8.46. The second-order valence-electron chi connectivity index (χ2n) is 20.3. The maximum absolute atomic E-state index is 13.9. The monoisotopic (exact) mass is 1070 g/mol. The van der Waals surface area contributed by atoms with E-state index in [1.165, 1.54) is 12.8 Å². The number of hydrogen-bond acceptors (Lipinski definition) is 0. The first-order valence-electron chi connectivity index (χ1n) is 24.4. The zero-order valence-corrected chi connectivity index (χ0v) is 40.8. The predicted octanol–water partition coefficient (Wildman–Crippen LogP) is 18.3. The van der Waals surface area contributed by atoms with E-state index in [-0.39, 0.29) is 25.7 Å². The average molecular weight is 1080 g/mol. The fraction of sp³-hybridized carbons (Fsp3) is 1.00. The van der Waals surface area contributed by atoms with Crippen molar-refractivity contribution in [2.24, 2.45) is 0 Å². The number of alkyl halides is 22. The minimum atomic E-state index is -7.40. The molecule has 0 aromatic heterocycles. The Labute approximate surface area is 399 Å². The predicted molar refractivity (Wildman–Crippen MR) is 225 cm³/mol. The Morgan fingerprint density at radius 3 is 0.514 bits per heavy atom. The summed E-state index contributed by atoms with van der Waals surface area (Å²) in [7, 11) is 8.56. The van der Waals surface area contributed by atoms with Gasteiger partial charge in [0.1, 0.15) is 0 Å². The van der Waals surface area contributed by atoms with Crippen LogP contribution in [0.5, 0.6) is 0 Å². The molecule has 0 aromatic rings. The average Bonchev–Trinajstić information content (AvgIpc) is 3.19. The van der Waals surface area contributed by atoms with Gasteiger partial charge in [-0.2, -0.15) is 87.8 Å². The number of unbranched alkanes of at least 4 members (excludes halogenated alkanes) is 23. The summed E-state index contributed by atoms with van der Waals surface area (Å²) < 4.78 is 291. The molecule has 0 heterocycles. The fourth-order valence-electron chi connectivity index (χ4n) is 8.46. The lowest BCUT2D eigenvalue weighted by Crippen LogP contribution is -2.70. The third kappa shape index (κ3) is 20.6. The molecule has 0 unspecified atom stereocenters. The van der Waals surface area contributed by atoms with Crippen LogP contribution in [0.25, 0.3) is 0 Å². The lowest BCUT2D eigenvalue weighted by Gasteiger charge is -2.39. The molecule has 422 valence electrons. The van der Waals surface area contributed by atoms with E-state index < -0.39 is 85.4 Å².